The zero-order valence-electron chi connectivity index (χ0n) is 19.5. The van der Waals surface area contributed by atoms with Crippen LogP contribution in [0.1, 0.15) is 39.7 Å². The molecule has 0 saturated carbocycles. The Morgan fingerprint density at radius 1 is 1.12 bits per heavy atom. The first-order valence-electron chi connectivity index (χ1n) is 11.1. The highest BCUT2D eigenvalue weighted by molar-refractivity contribution is 5.92. The molecule has 1 fully saturated rings. The van der Waals surface area contributed by atoms with Crippen molar-refractivity contribution in [3.63, 3.8) is 0 Å². The molecule has 1 heterocycles. The Morgan fingerprint density at radius 3 is 2.47 bits per heavy atom. The van der Waals surface area contributed by atoms with Crippen LogP contribution in [-0.4, -0.2) is 54.1 Å². The Hall–Kier alpha value is -3.09. The minimum atomic E-state index is -0.745. The molecule has 7 nitrogen and oxygen atoms in total. The van der Waals surface area contributed by atoms with Gasteiger partial charge in [-0.1, -0.05) is 49.4 Å². The Balaban J connectivity index is 1.75. The van der Waals surface area contributed by atoms with Gasteiger partial charge in [0.1, 0.15) is 17.7 Å². The Morgan fingerprint density at radius 2 is 1.81 bits per heavy atom. The number of likely N-dealkylation sites (N-methyl/N-ethyl adjacent to an activating group) is 1. The SMILES string of the molecule is CNC(=O)[C@H](Cc1ccc2ccccc2c1)NC(=O)[C@@H]1C[C@H](C)CN1C(=O)OC(C)(C)C. The summed E-state index contributed by atoms with van der Waals surface area (Å²) < 4.78 is 5.49. The summed E-state index contributed by atoms with van der Waals surface area (Å²) in [7, 11) is 1.55. The predicted molar refractivity (Wildman–Crippen MR) is 124 cm³/mol. The van der Waals surface area contributed by atoms with E-state index in [0.29, 0.717) is 19.4 Å². The second-order valence-corrected chi connectivity index (χ2v) is 9.55. The molecule has 7 heteroatoms. The lowest BCUT2D eigenvalue weighted by molar-refractivity contribution is -0.131. The minimum absolute atomic E-state index is 0.164. The number of hydrogen-bond acceptors (Lipinski definition) is 4. The normalized spacial score (nSPS) is 19.5. The van der Waals surface area contributed by atoms with E-state index in [2.05, 4.69) is 10.6 Å². The number of nitrogens with one attached hydrogen (secondary N) is 2. The van der Waals surface area contributed by atoms with E-state index in [-0.39, 0.29) is 17.7 Å². The third kappa shape index (κ3) is 5.78. The summed E-state index contributed by atoms with van der Waals surface area (Å²) in [5.41, 5.74) is 0.298. The number of fused-ring (bicyclic) bond motifs is 1. The zero-order valence-corrected chi connectivity index (χ0v) is 19.5. The van der Waals surface area contributed by atoms with Crippen LogP contribution in [-0.2, 0) is 20.7 Å². The van der Waals surface area contributed by atoms with Crippen molar-refractivity contribution in [2.24, 2.45) is 5.92 Å². The molecular weight excluding hydrogens is 406 g/mol. The maximum absolute atomic E-state index is 13.2. The maximum atomic E-state index is 13.2. The van der Waals surface area contributed by atoms with Gasteiger partial charge in [0.05, 0.1) is 0 Å². The molecule has 0 unspecified atom stereocenters. The summed E-state index contributed by atoms with van der Waals surface area (Å²) in [5, 5.41) is 7.70. The van der Waals surface area contributed by atoms with E-state index < -0.39 is 23.8 Å². The third-order valence-corrected chi connectivity index (χ3v) is 5.57. The summed E-state index contributed by atoms with van der Waals surface area (Å²) in [6, 6.07) is 12.6. The molecule has 2 aromatic carbocycles. The number of benzene rings is 2. The fourth-order valence-electron chi connectivity index (χ4n) is 4.07. The van der Waals surface area contributed by atoms with Gasteiger partial charge in [-0.25, -0.2) is 4.79 Å². The van der Waals surface area contributed by atoms with Crippen molar-refractivity contribution in [2.45, 2.75) is 58.2 Å². The molecule has 2 N–H and O–H groups in total. The van der Waals surface area contributed by atoms with Gasteiger partial charge in [-0.2, -0.15) is 0 Å². The number of hydrogen-bond donors (Lipinski definition) is 2. The van der Waals surface area contributed by atoms with E-state index in [1.165, 1.54) is 4.90 Å². The van der Waals surface area contributed by atoms with Gasteiger partial charge in [-0.3, -0.25) is 14.5 Å². The molecule has 172 valence electrons. The molecule has 3 rings (SSSR count). The first-order chi connectivity index (χ1) is 15.1. The molecule has 0 aliphatic carbocycles. The quantitative estimate of drug-likeness (QED) is 0.749. The maximum Gasteiger partial charge on any atom is 0.410 e. The monoisotopic (exact) mass is 439 g/mol. The summed E-state index contributed by atoms with van der Waals surface area (Å²) in [6.07, 6.45) is 0.375. The topological polar surface area (TPSA) is 87.7 Å². The first-order valence-corrected chi connectivity index (χ1v) is 11.1. The van der Waals surface area contributed by atoms with Crippen LogP contribution in [0.15, 0.2) is 42.5 Å². The van der Waals surface area contributed by atoms with E-state index in [1.807, 2.05) is 49.4 Å². The molecule has 2 aromatic rings. The molecule has 1 saturated heterocycles. The van der Waals surface area contributed by atoms with Crippen molar-refractivity contribution in [2.75, 3.05) is 13.6 Å². The summed E-state index contributed by atoms with van der Waals surface area (Å²) in [5.74, 6) is -0.451. The molecule has 3 atom stereocenters. The average Bonchev–Trinajstić information content (AvgIpc) is 3.13. The van der Waals surface area contributed by atoms with E-state index in [0.717, 1.165) is 16.3 Å². The van der Waals surface area contributed by atoms with Crippen LogP contribution in [0, 0.1) is 5.92 Å². The van der Waals surface area contributed by atoms with Crippen LogP contribution >= 0.6 is 0 Å². The molecule has 0 spiro atoms. The van der Waals surface area contributed by atoms with Crippen LogP contribution in [0.25, 0.3) is 10.8 Å². The van der Waals surface area contributed by atoms with Crippen LogP contribution in [0.4, 0.5) is 4.79 Å². The largest absolute Gasteiger partial charge is 0.444 e. The molecule has 0 bridgehead atoms. The Labute approximate surface area is 189 Å². The molecule has 1 aliphatic rings. The van der Waals surface area contributed by atoms with Gasteiger partial charge in [0.25, 0.3) is 0 Å². The van der Waals surface area contributed by atoms with Crippen molar-refractivity contribution in [3.8, 4) is 0 Å². The molecule has 0 radical (unpaired) electrons. The van der Waals surface area contributed by atoms with E-state index in [1.54, 1.807) is 27.8 Å². The van der Waals surface area contributed by atoms with Gasteiger partial charge >= 0.3 is 6.09 Å². The predicted octanol–water partition coefficient (Wildman–Crippen LogP) is 3.26. The second-order valence-electron chi connectivity index (χ2n) is 9.55. The number of amides is 3. The number of nitrogens with zero attached hydrogens (tertiary/aromatic N) is 1. The number of rotatable bonds is 5. The zero-order chi connectivity index (χ0) is 23.5. The van der Waals surface area contributed by atoms with E-state index in [9.17, 15) is 14.4 Å². The molecule has 32 heavy (non-hydrogen) atoms. The molecule has 1 aliphatic heterocycles. The van der Waals surface area contributed by atoms with Crippen LogP contribution in [0.2, 0.25) is 0 Å². The summed E-state index contributed by atoms with van der Waals surface area (Å²) >= 11 is 0. The lowest BCUT2D eigenvalue weighted by Gasteiger charge is -2.29. The first kappa shape index (κ1) is 23.6. The third-order valence-electron chi connectivity index (χ3n) is 5.57. The molecular formula is C25H33N3O4. The number of carbonyl (C=O) groups is 3. The average molecular weight is 440 g/mol. The summed E-state index contributed by atoms with van der Waals surface area (Å²) in [4.78, 5) is 39.9. The van der Waals surface area contributed by atoms with Crippen molar-refractivity contribution in [1.82, 2.24) is 15.5 Å². The minimum Gasteiger partial charge on any atom is -0.444 e. The van der Waals surface area contributed by atoms with Crippen molar-refractivity contribution >= 4 is 28.7 Å². The van der Waals surface area contributed by atoms with Gasteiger partial charge in [-0.15, -0.1) is 0 Å². The number of likely N-dealkylation sites (tertiary alicyclic amines) is 1. The number of ether oxygens (including phenoxy) is 1. The standard InChI is InChI=1S/C25H33N3O4/c1-16-12-21(28(15-16)24(31)32-25(2,3)4)23(30)27-20(22(29)26-5)14-17-10-11-18-8-6-7-9-19(18)13-17/h6-11,13,16,20-21H,12,14-15H2,1-5H3,(H,26,29)(H,27,30)/t16-,20-,21-/m0/s1. The highest BCUT2D eigenvalue weighted by atomic mass is 16.6. The fourth-order valence-corrected chi connectivity index (χ4v) is 4.07. The van der Waals surface area contributed by atoms with Crippen LogP contribution in [0.5, 0.6) is 0 Å². The van der Waals surface area contributed by atoms with E-state index >= 15 is 0 Å². The highest BCUT2D eigenvalue weighted by Crippen LogP contribution is 2.25. The Bertz CT molecular complexity index is 998. The van der Waals surface area contributed by atoms with Gasteiger partial charge in [0.2, 0.25) is 11.8 Å². The van der Waals surface area contributed by atoms with Crippen molar-refractivity contribution in [3.05, 3.63) is 48.0 Å². The van der Waals surface area contributed by atoms with Gasteiger partial charge in [0, 0.05) is 20.0 Å². The second kappa shape index (κ2) is 9.59. The van der Waals surface area contributed by atoms with Crippen molar-refractivity contribution in [1.29, 1.82) is 0 Å². The Kier molecular flexibility index (Phi) is 7.06. The lowest BCUT2D eigenvalue weighted by Crippen LogP contribution is -2.54. The number of carbonyl (C=O) groups excluding carboxylic acids is 3. The molecule has 3 amide bonds. The van der Waals surface area contributed by atoms with Crippen molar-refractivity contribution < 1.29 is 19.1 Å². The smallest absolute Gasteiger partial charge is 0.410 e. The lowest BCUT2D eigenvalue weighted by atomic mass is 10.0. The highest BCUT2D eigenvalue weighted by Gasteiger charge is 2.40. The molecule has 0 aromatic heterocycles. The summed E-state index contributed by atoms with van der Waals surface area (Å²) in [6.45, 7) is 7.83. The fraction of sp³-hybridized carbons (Fsp3) is 0.480. The van der Waals surface area contributed by atoms with Gasteiger partial charge < -0.3 is 15.4 Å². The van der Waals surface area contributed by atoms with Gasteiger partial charge in [-0.05, 0) is 49.4 Å². The van der Waals surface area contributed by atoms with Crippen LogP contribution in [0.3, 0.4) is 0 Å². The van der Waals surface area contributed by atoms with Crippen LogP contribution < -0.4 is 10.6 Å². The van der Waals surface area contributed by atoms with E-state index in [4.69, 9.17) is 4.74 Å². The van der Waals surface area contributed by atoms with Gasteiger partial charge in [0.15, 0.2) is 0 Å².